The molecule has 1 saturated heterocycles. The van der Waals surface area contributed by atoms with Crippen molar-refractivity contribution < 1.29 is 0 Å². The average Bonchev–Trinajstić information content (AvgIpc) is 3.38. The largest absolute Gasteiger partial charge is 0.398 e. The number of anilines is 2. The van der Waals surface area contributed by atoms with Crippen LogP contribution in [0.2, 0.25) is 0 Å². The zero-order valence-corrected chi connectivity index (χ0v) is 17.2. The molecule has 2 fully saturated rings. The molecule has 2 heterocycles. The molecule has 8 heteroatoms. The summed E-state index contributed by atoms with van der Waals surface area (Å²) in [6, 6.07) is 1.73. The van der Waals surface area contributed by atoms with Crippen LogP contribution in [0, 0.1) is 19.4 Å². The lowest BCUT2D eigenvalue weighted by atomic mass is 9.85. The van der Waals surface area contributed by atoms with E-state index in [2.05, 4.69) is 14.7 Å². The van der Waals surface area contributed by atoms with E-state index in [1.165, 1.54) is 0 Å². The molecule has 2 atom stereocenters. The van der Waals surface area contributed by atoms with Gasteiger partial charge in [0.15, 0.2) is 0 Å². The van der Waals surface area contributed by atoms with Gasteiger partial charge in [0.05, 0.1) is 16.9 Å². The minimum atomic E-state index is -0.613. The maximum absolute atomic E-state index is 12.5. The number of benzene rings is 1. The Balaban J connectivity index is 1.80. The van der Waals surface area contributed by atoms with E-state index in [0.717, 1.165) is 43.6 Å². The SMILES string of the molecule is [C-]#[N+]C(C)(C)C(N)C1CCN(c2cc(N)c3c(=O)[nH]c(=O)n(C4CC4)c3c2C)C1. The molecule has 2 aromatic rings. The van der Waals surface area contributed by atoms with E-state index in [1.54, 1.807) is 4.57 Å². The molecule has 2 aliphatic rings. The van der Waals surface area contributed by atoms with Gasteiger partial charge in [-0.15, -0.1) is 0 Å². The number of aryl methyl sites for hydroxylation is 1. The van der Waals surface area contributed by atoms with Crippen molar-refractivity contribution >= 4 is 22.3 Å². The predicted molar refractivity (Wildman–Crippen MR) is 115 cm³/mol. The summed E-state index contributed by atoms with van der Waals surface area (Å²) in [4.78, 5) is 33.3. The van der Waals surface area contributed by atoms with Gasteiger partial charge in [-0.2, -0.15) is 0 Å². The first kappa shape index (κ1) is 19.5. The quantitative estimate of drug-likeness (QED) is 0.538. The second-order valence-corrected chi connectivity index (χ2v) is 8.98. The summed E-state index contributed by atoms with van der Waals surface area (Å²) in [6.07, 6.45) is 2.75. The van der Waals surface area contributed by atoms with Crippen molar-refractivity contribution in [2.45, 2.75) is 57.7 Å². The fourth-order valence-corrected chi connectivity index (χ4v) is 4.59. The van der Waals surface area contributed by atoms with Gasteiger partial charge in [-0.1, -0.05) is 0 Å². The first-order chi connectivity index (χ1) is 13.7. The summed E-state index contributed by atoms with van der Waals surface area (Å²) in [5.41, 5.74) is 14.1. The van der Waals surface area contributed by atoms with Crippen molar-refractivity contribution in [1.82, 2.24) is 9.55 Å². The van der Waals surface area contributed by atoms with Gasteiger partial charge in [0.25, 0.3) is 5.56 Å². The maximum Gasteiger partial charge on any atom is 0.329 e. The van der Waals surface area contributed by atoms with Crippen LogP contribution in [0.5, 0.6) is 0 Å². The van der Waals surface area contributed by atoms with Crippen LogP contribution in [0.4, 0.5) is 11.4 Å². The normalized spacial score (nSPS) is 20.8. The Hall–Kier alpha value is -2.79. The van der Waals surface area contributed by atoms with Gasteiger partial charge >= 0.3 is 5.69 Å². The third-order valence-corrected chi connectivity index (χ3v) is 6.55. The molecule has 4 rings (SSSR count). The molecule has 1 aliphatic heterocycles. The van der Waals surface area contributed by atoms with Crippen molar-refractivity contribution in [2.24, 2.45) is 11.7 Å². The smallest absolute Gasteiger partial charge is 0.329 e. The molecule has 5 N–H and O–H groups in total. The molecule has 1 aliphatic carbocycles. The minimum Gasteiger partial charge on any atom is -0.398 e. The van der Waals surface area contributed by atoms with Crippen molar-refractivity contribution in [3.05, 3.63) is 43.9 Å². The number of nitrogens with zero attached hydrogens (tertiary/aromatic N) is 3. The molecule has 1 aromatic heterocycles. The van der Waals surface area contributed by atoms with E-state index in [4.69, 9.17) is 18.0 Å². The summed E-state index contributed by atoms with van der Waals surface area (Å²) >= 11 is 0. The molecule has 1 aromatic carbocycles. The Morgan fingerprint density at radius 3 is 2.62 bits per heavy atom. The first-order valence-corrected chi connectivity index (χ1v) is 10.1. The lowest BCUT2D eigenvalue weighted by molar-refractivity contribution is 0.355. The number of aromatic nitrogens is 2. The summed E-state index contributed by atoms with van der Waals surface area (Å²) in [6.45, 7) is 14.7. The number of rotatable bonds is 4. The highest BCUT2D eigenvalue weighted by Gasteiger charge is 2.41. The van der Waals surface area contributed by atoms with E-state index in [0.29, 0.717) is 16.6 Å². The van der Waals surface area contributed by atoms with Crippen LogP contribution in [-0.2, 0) is 0 Å². The molecule has 0 amide bonds. The number of hydrogen-bond donors (Lipinski definition) is 3. The Morgan fingerprint density at radius 2 is 2.00 bits per heavy atom. The Morgan fingerprint density at radius 1 is 1.31 bits per heavy atom. The summed E-state index contributed by atoms with van der Waals surface area (Å²) in [5, 5.41) is 0.388. The van der Waals surface area contributed by atoms with Gasteiger partial charge in [-0.3, -0.25) is 14.3 Å². The monoisotopic (exact) mass is 396 g/mol. The number of nitrogen functional groups attached to an aromatic ring is 1. The van der Waals surface area contributed by atoms with Crippen LogP contribution >= 0.6 is 0 Å². The summed E-state index contributed by atoms with van der Waals surface area (Å²) < 4.78 is 1.70. The third kappa shape index (κ3) is 3.10. The number of hydrogen-bond acceptors (Lipinski definition) is 5. The van der Waals surface area contributed by atoms with Crippen molar-refractivity contribution in [3.63, 3.8) is 0 Å². The van der Waals surface area contributed by atoms with Crippen molar-refractivity contribution in [2.75, 3.05) is 23.7 Å². The summed E-state index contributed by atoms with van der Waals surface area (Å²) in [5.74, 6) is 0.195. The molecule has 0 radical (unpaired) electrons. The van der Waals surface area contributed by atoms with E-state index in [-0.39, 0.29) is 23.7 Å². The fourth-order valence-electron chi connectivity index (χ4n) is 4.59. The molecular formula is C21H28N6O2. The zero-order valence-electron chi connectivity index (χ0n) is 17.2. The molecule has 29 heavy (non-hydrogen) atoms. The highest BCUT2D eigenvalue weighted by molar-refractivity contribution is 5.96. The number of fused-ring (bicyclic) bond motifs is 1. The molecule has 0 bridgehead atoms. The van der Waals surface area contributed by atoms with Crippen LogP contribution in [0.15, 0.2) is 15.7 Å². The minimum absolute atomic E-state index is 0.120. The topological polar surface area (TPSA) is 114 Å². The van der Waals surface area contributed by atoms with Gasteiger partial charge in [0, 0.05) is 50.3 Å². The predicted octanol–water partition coefficient (Wildman–Crippen LogP) is 1.77. The number of H-pyrrole nitrogens is 1. The first-order valence-electron chi connectivity index (χ1n) is 10.1. The van der Waals surface area contributed by atoms with Gasteiger partial charge in [0.1, 0.15) is 0 Å². The number of aromatic amines is 1. The standard InChI is InChI=1S/C21H28N6O2/c1-11-15(26-8-7-12(10-26)18(23)21(2,3)24-4)9-14(22)16-17(11)27(13-5-6-13)20(29)25-19(16)28/h9,12-13,18H,5-8,10,22-23H2,1-3H3,(H,25,28,29). The Labute approximate surface area is 169 Å². The second kappa shape index (κ2) is 6.63. The molecule has 1 saturated carbocycles. The van der Waals surface area contributed by atoms with E-state index < -0.39 is 11.1 Å². The Bertz CT molecular complexity index is 1140. The number of nitrogens with one attached hydrogen (secondary N) is 1. The highest BCUT2D eigenvalue weighted by atomic mass is 16.2. The van der Waals surface area contributed by atoms with Crippen LogP contribution in [-0.4, -0.2) is 34.2 Å². The van der Waals surface area contributed by atoms with Crippen LogP contribution in [0.1, 0.15) is 44.7 Å². The van der Waals surface area contributed by atoms with Gasteiger partial charge in [-0.05, 0) is 37.8 Å². The summed E-state index contributed by atoms with van der Waals surface area (Å²) in [7, 11) is 0. The molecule has 154 valence electrons. The average molecular weight is 396 g/mol. The van der Waals surface area contributed by atoms with Gasteiger partial charge < -0.3 is 21.2 Å². The van der Waals surface area contributed by atoms with Crippen molar-refractivity contribution in [3.8, 4) is 0 Å². The van der Waals surface area contributed by atoms with E-state index in [9.17, 15) is 9.59 Å². The zero-order chi connectivity index (χ0) is 21.1. The lowest BCUT2D eigenvalue weighted by Crippen LogP contribution is -2.47. The molecule has 2 unspecified atom stereocenters. The fraction of sp³-hybridized carbons (Fsp3) is 0.571. The Kier molecular flexibility index (Phi) is 4.46. The van der Waals surface area contributed by atoms with E-state index >= 15 is 0 Å². The van der Waals surface area contributed by atoms with E-state index in [1.807, 2.05) is 26.8 Å². The lowest BCUT2D eigenvalue weighted by Gasteiger charge is -2.27. The van der Waals surface area contributed by atoms with Crippen LogP contribution in [0.3, 0.4) is 0 Å². The van der Waals surface area contributed by atoms with Gasteiger partial charge in [0.2, 0.25) is 5.54 Å². The third-order valence-electron chi connectivity index (χ3n) is 6.55. The highest BCUT2D eigenvalue weighted by Crippen LogP contribution is 2.40. The maximum atomic E-state index is 12.5. The van der Waals surface area contributed by atoms with Crippen molar-refractivity contribution in [1.29, 1.82) is 0 Å². The molecular weight excluding hydrogens is 368 g/mol. The number of nitrogens with two attached hydrogens (primary N) is 2. The molecule has 8 nitrogen and oxygen atoms in total. The molecule has 0 spiro atoms. The van der Waals surface area contributed by atoms with Crippen LogP contribution < -0.4 is 27.6 Å². The second-order valence-electron chi connectivity index (χ2n) is 8.98. The van der Waals surface area contributed by atoms with Gasteiger partial charge in [-0.25, -0.2) is 11.4 Å². The van der Waals surface area contributed by atoms with Crippen LogP contribution in [0.25, 0.3) is 15.7 Å².